The van der Waals surface area contributed by atoms with E-state index in [0.717, 1.165) is 49.9 Å². The molecule has 160 valence electrons. The van der Waals surface area contributed by atoms with E-state index < -0.39 is 5.79 Å². The van der Waals surface area contributed by atoms with Crippen LogP contribution in [0.1, 0.15) is 91.9 Å². The third kappa shape index (κ3) is 2.54. The molecule has 0 N–H and O–H groups in total. The van der Waals surface area contributed by atoms with Crippen LogP contribution in [0.5, 0.6) is 0 Å². The quantitative estimate of drug-likeness (QED) is 0.507. The lowest BCUT2D eigenvalue weighted by atomic mass is 9.45. The second kappa shape index (κ2) is 6.57. The van der Waals surface area contributed by atoms with Crippen LogP contribution in [0.4, 0.5) is 0 Å². The summed E-state index contributed by atoms with van der Waals surface area (Å²) in [5, 5.41) is 10.5. The SMILES string of the molecule is CC[C@@H](C)C1CCC2C3=C(CC[C@@]21C)[C@@]1(C)CCC2(CC1(C#N)CC3)OCCO2. The number of nitriles is 1. The summed E-state index contributed by atoms with van der Waals surface area (Å²) in [5.74, 6) is 1.98. The molecule has 4 aliphatic carbocycles. The van der Waals surface area contributed by atoms with Gasteiger partial charge in [-0.2, -0.15) is 5.26 Å². The molecule has 1 aliphatic heterocycles. The van der Waals surface area contributed by atoms with Crippen molar-refractivity contribution in [2.45, 2.75) is 97.7 Å². The highest BCUT2D eigenvalue weighted by atomic mass is 16.7. The molecule has 0 bridgehead atoms. The monoisotopic (exact) mass is 397 g/mol. The summed E-state index contributed by atoms with van der Waals surface area (Å²) in [6.45, 7) is 11.2. The maximum Gasteiger partial charge on any atom is 0.170 e. The zero-order valence-electron chi connectivity index (χ0n) is 19.0. The molecule has 0 aromatic carbocycles. The van der Waals surface area contributed by atoms with E-state index in [1.54, 1.807) is 11.1 Å². The molecule has 1 spiro atoms. The van der Waals surface area contributed by atoms with Gasteiger partial charge in [-0.15, -0.1) is 0 Å². The third-order valence-corrected chi connectivity index (χ3v) is 10.6. The molecule has 1 saturated heterocycles. The van der Waals surface area contributed by atoms with Gasteiger partial charge >= 0.3 is 0 Å². The van der Waals surface area contributed by atoms with E-state index in [2.05, 4.69) is 33.8 Å². The topological polar surface area (TPSA) is 42.2 Å². The molecule has 6 atom stereocenters. The summed E-state index contributed by atoms with van der Waals surface area (Å²) < 4.78 is 12.2. The Hall–Kier alpha value is -0.850. The molecule has 0 aromatic rings. The zero-order chi connectivity index (χ0) is 20.5. The second-order valence-corrected chi connectivity index (χ2v) is 11.4. The summed E-state index contributed by atoms with van der Waals surface area (Å²) >= 11 is 0. The summed E-state index contributed by atoms with van der Waals surface area (Å²) in [6.07, 6.45) is 11.5. The van der Waals surface area contributed by atoms with Gasteiger partial charge in [0.2, 0.25) is 0 Å². The van der Waals surface area contributed by atoms with Crippen molar-refractivity contribution in [2.75, 3.05) is 13.2 Å². The minimum absolute atomic E-state index is 0.00564. The number of nitrogens with zero attached hydrogens (tertiary/aromatic N) is 1. The van der Waals surface area contributed by atoms with E-state index in [0.29, 0.717) is 18.6 Å². The lowest BCUT2D eigenvalue weighted by molar-refractivity contribution is -0.217. The second-order valence-electron chi connectivity index (χ2n) is 11.4. The predicted molar refractivity (Wildman–Crippen MR) is 114 cm³/mol. The molecule has 3 unspecified atom stereocenters. The minimum Gasteiger partial charge on any atom is -0.347 e. The average molecular weight is 398 g/mol. The number of hydrogen-bond donors (Lipinski definition) is 0. The van der Waals surface area contributed by atoms with Crippen molar-refractivity contribution in [1.29, 1.82) is 5.26 Å². The molecular formula is C26H39NO2. The molecular weight excluding hydrogens is 358 g/mol. The van der Waals surface area contributed by atoms with Gasteiger partial charge in [0.15, 0.2) is 5.79 Å². The Bertz CT molecular complexity index is 759. The van der Waals surface area contributed by atoms with Crippen LogP contribution in [0.15, 0.2) is 11.1 Å². The first-order chi connectivity index (χ1) is 13.8. The van der Waals surface area contributed by atoms with Crippen LogP contribution in [0.2, 0.25) is 0 Å². The van der Waals surface area contributed by atoms with Crippen LogP contribution in [0.25, 0.3) is 0 Å². The Kier molecular flexibility index (Phi) is 4.55. The smallest absolute Gasteiger partial charge is 0.170 e. The van der Waals surface area contributed by atoms with Gasteiger partial charge in [-0.1, -0.05) is 45.3 Å². The highest BCUT2D eigenvalue weighted by Gasteiger charge is 2.64. The standard InChI is InChI=1S/C26H39NO2/c1-5-18(2)20-6-7-21-19-8-11-25(17-27)16-26(28-14-15-29-26)13-12-24(25,4)22(19)9-10-23(20,21)3/h18,20-21H,5-16H2,1-4H3/t18-,20?,21?,23-,24-,25?/m1/s1. The number of allylic oxidation sites excluding steroid dienone is 2. The van der Waals surface area contributed by atoms with Crippen molar-refractivity contribution in [2.24, 2.45) is 34.0 Å². The first-order valence-corrected chi connectivity index (χ1v) is 12.2. The maximum absolute atomic E-state index is 10.5. The molecule has 3 heteroatoms. The normalized spacial score (nSPS) is 46.7. The molecule has 1 heterocycles. The van der Waals surface area contributed by atoms with Crippen LogP contribution in [-0.2, 0) is 9.47 Å². The molecule has 0 amide bonds. The van der Waals surface area contributed by atoms with Gasteiger partial charge in [0.1, 0.15) is 0 Å². The van der Waals surface area contributed by atoms with Crippen molar-refractivity contribution < 1.29 is 9.47 Å². The molecule has 0 aromatic heterocycles. The van der Waals surface area contributed by atoms with Gasteiger partial charge in [-0.3, -0.25) is 0 Å². The maximum atomic E-state index is 10.5. The van der Waals surface area contributed by atoms with Gasteiger partial charge in [-0.05, 0) is 68.1 Å². The molecule has 5 aliphatic rings. The summed E-state index contributed by atoms with van der Waals surface area (Å²) in [6, 6.07) is 2.86. The van der Waals surface area contributed by atoms with Crippen LogP contribution >= 0.6 is 0 Å². The van der Waals surface area contributed by atoms with E-state index in [9.17, 15) is 5.26 Å². The highest BCUT2D eigenvalue weighted by Crippen LogP contribution is 2.70. The van der Waals surface area contributed by atoms with Crippen molar-refractivity contribution in [3.63, 3.8) is 0 Å². The van der Waals surface area contributed by atoms with Gasteiger partial charge in [0, 0.05) is 18.3 Å². The Morgan fingerprint density at radius 2 is 1.83 bits per heavy atom. The Labute approximate surface area is 177 Å². The molecule has 0 radical (unpaired) electrons. The number of hydrogen-bond acceptors (Lipinski definition) is 3. The van der Waals surface area contributed by atoms with Crippen LogP contribution < -0.4 is 0 Å². The Morgan fingerprint density at radius 1 is 1.07 bits per heavy atom. The number of ether oxygens (including phenoxy) is 2. The van der Waals surface area contributed by atoms with Gasteiger partial charge in [0.25, 0.3) is 0 Å². The average Bonchev–Trinajstić information content (AvgIpc) is 3.32. The fraction of sp³-hybridized carbons (Fsp3) is 0.885. The fourth-order valence-corrected chi connectivity index (χ4v) is 8.67. The molecule has 3 nitrogen and oxygen atoms in total. The Morgan fingerprint density at radius 3 is 2.52 bits per heavy atom. The summed E-state index contributed by atoms with van der Waals surface area (Å²) in [4.78, 5) is 0. The van der Waals surface area contributed by atoms with Gasteiger partial charge in [-0.25, -0.2) is 0 Å². The predicted octanol–water partition coefficient (Wildman–Crippen LogP) is 6.39. The largest absolute Gasteiger partial charge is 0.347 e. The highest BCUT2D eigenvalue weighted by molar-refractivity contribution is 5.39. The van der Waals surface area contributed by atoms with Crippen molar-refractivity contribution in [3.8, 4) is 6.07 Å². The van der Waals surface area contributed by atoms with Crippen molar-refractivity contribution in [1.82, 2.24) is 0 Å². The van der Waals surface area contributed by atoms with Crippen molar-refractivity contribution >= 4 is 0 Å². The van der Waals surface area contributed by atoms with Crippen LogP contribution in [0, 0.1) is 45.3 Å². The summed E-state index contributed by atoms with van der Waals surface area (Å²) in [5.41, 5.74) is 3.63. The number of fused-ring (bicyclic) bond motifs is 4. The van der Waals surface area contributed by atoms with Gasteiger partial charge in [0.05, 0.1) is 24.7 Å². The minimum atomic E-state index is -0.481. The Balaban J connectivity index is 1.52. The molecule has 29 heavy (non-hydrogen) atoms. The number of rotatable bonds is 2. The van der Waals surface area contributed by atoms with E-state index in [1.165, 1.54) is 32.1 Å². The lowest BCUT2D eigenvalue weighted by Gasteiger charge is -2.59. The first-order valence-electron chi connectivity index (χ1n) is 12.2. The fourth-order valence-electron chi connectivity index (χ4n) is 8.67. The first kappa shape index (κ1) is 20.1. The van der Waals surface area contributed by atoms with Crippen LogP contribution in [0.3, 0.4) is 0 Å². The van der Waals surface area contributed by atoms with Gasteiger partial charge < -0.3 is 9.47 Å². The van der Waals surface area contributed by atoms with E-state index in [4.69, 9.17) is 9.47 Å². The summed E-state index contributed by atoms with van der Waals surface area (Å²) in [7, 11) is 0. The molecule has 5 rings (SSSR count). The van der Waals surface area contributed by atoms with E-state index >= 15 is 0 Å². The van der Waals surface area contributed by atoms with Crippen molar-refractivity contribution in [3.05, 3.63) is 11.1 Å². The molecule has 3 fully saturated rings. The third-order valence-electron chi connectivity index (χ3n) is 10.6. The van der Waals surface area contributed by atoms with E-state index in [-0.39, 0.29) is 10.8 Å². The zero-order valence-corrected chi connectivity index (χ0v) is 19.0. The van der Waals surface area contributed by atoms with E-state index in [1.807, 2.05) is 0 Å². The van der Waals surface area contributed by atoms with Crippen LogP contribution in [-0.4, -0.2) is 19.0 Å². The lowest BCUT2D eigenvalue weighted by Crippen LogP contribution is -2.55. The molecule has 2 saturated carbocycles.